The number of fused-ring (bicyclic) bond motifs is 1. The number of carbonyl (C=O) groups is 1. The van der Waals surface area contributed by atoms with E-state index in [1.54, 1.807) is 36.4 Å². The molecule has 4 rings (SSSR count). The predicted molar refractivity (Wildman–Crippen MR) is 94.7 cm³/mol. The number of para-hydroxylation sites is 2. The second-order valence-electron chi connectivity index (χ2n) is 5.39. The minimum atomic E-state index is -0.838. The minimum Gasteiger partial charge on any atom is -0.485 e. The van der Waals surface area contributed by atoms with Crippen molar-refractivity contribution in [3.63, 3.8) is 0 Å². The van der Waals surface area contributed by atoms with Crippen LogP contribution < -0.4 is 14.8 Å². The summed E-state index contributed by atoms with van der Waals surface area (Å²) in [6.07, 6.45) is -0.838. The normalized spacial score (nSPS) is 15.5. The highest BCUT2D eigenvalue weighted by Gasteiger charge is 2.28. The monoisotopic (exact) mass is 391 g/mol. The zero-order valence-electron chi connectivity index (χ0n) is 13.1. The molecule has 26 heavy (non-hydrogen) atoms. The van der Waals surface area contributed by atoms with E-state index in [0.717, 1.165) is 0 Å². The van der Waals surface area contributed by atoms with Gasteiger partial charge in [0.25, 0.3) is 11.8 Å². The van der Waals surface area contributed by atoms with Crippen molar-refractivity contribution in [1.29, 1.82) is 0 Å². The van der Waals surface area contributed by atoms with Crippen molar-refractivity contribution in [2.75, 3.05) is 11.9 Å². The summed E-state index contributed by atoms with van der Waals surface area (Å²) < 4.78 is 16.6. The SMILES string of the molecule is O=C(Nc1nnc(-c2cc(Cl)ccc2Cl)o1)C1COc2ccccc2O1. The quantitative estimate of drug-likeness (QED) is 0.729. The minimum absolute atomic E-state index is 0.0734. The molecule has 0 saturated carbocycles. The Morgan fingerprint density at radius 1 is 1.12 bits per heavy atom. The third-order valence-corrected chi connectivity index (χ3v) is 4.18. The van der Waals surface area contributed by atoms with Crippen LogP contribution in [-0.4, -0.2) is 28.8 Å². The first-order chi connectivity index (χ1) is 12.6. The van der Waals surface area contributed by atoms with Crippen LogP contribution in [0.3, 0.4) is 0 Å². The molecule has 1 aromatic heterocycles. The molecule has 0 bridgehead atoms. The number of halogens is 2. The van der Waals surface area contributed by atoms with E-state index in [0.29, 0.717) is 27.1 Å². The first-order valence-corrected chi connectivity index (χ1v) is 8.34. The lowest BCUT2D eigenvalue weighted by Gasteiger charge is -2.24. The molecule has 0 aliphatic carbocycles. The fraction of sp³-hybridized carbons (Fsp3) is 0.118. The number of anilines is 1. The van der Waals surface area contributed by atoms with E-state index in [4.69, 9.17) is 37.1 Å². The summed E-state index contributed by atoms with van der Waals surface area (Å²) in [4.78, 5) is 12.4. The Morgan fingerprint density at radius 2 is 1.92 bits per heavy atom. The topological polar surface area (TPSA) is 86.5 Å². The van der Waals surface area contributed by atoms with Gasteiger partial charge in [0.05, 0.1) is 10.6 Å². The summed E-state index contributed by atoms with van der Waals surface area (Å²) in [5, 5.41) is 11.0. The van der Waals surface area contributed by atoms with Gasteiger partial charge < -0.3 is 13.9 Å². The van der Waals surface area contributed by atoms with Gasteiger partial charge >= 0.3 is 6.01 Å². The number of ether oxygens (including phenoxy) is 2. The molecule has 2 heterocycles. The molecule has 9 heteroatoms. The lowest BCUT2D eigenvalue weighted by atomic mass is 10.2. The lowest BCUT2D eigenvalue weighted by Crippen LogP contribution is -2.40. The van der Waals surface area contributed by atoms with Gasteiger partial charge in [0.1, 0.15) is 6.61 Å². The summed E-state index contributed by atoms with van der Waals surface area (Å²) >= 11 is 12.1. The molecule has 1 atom stereocenters. The van der Waals surface area contributed by atoms with Crippen LogP contribution >= 0.6 is 23.2 Å². The van der Waals surface area contributed by atoms with Crippen molar-refractivity contribution in [3.05, 3.63) is 52.5 Å². The van der Waals surface area contributed by atoms with Gasteiger partial charge in [-0.25, -0.2) is 0 Å². The molecule has 7 nitrogen and oxygen atoms in total. The zero-order chi connectivity index (χ0) is 18.1. The number of carbonyl (C=O) groups excluding carboxylic acids is 1. The second-order valence-corrected chi connectivity index (χ2v) is 6.23. The zero-order valence-corrected chi connectivity index (χ0v) is 14.6. The number of benzene rings is 2. The molecule has 1 aliphatic heterocycles. The van der Waals surface area contributed by atoms with Gasteiger partial charge in [0.2, 0.25) is 6.10 Å². The van der Waals surface area contributed by atoms with E-state index in [-0.39, 0.29) is 18.5 Å². The van der Waals surface area contributed by atoms with Gasteiger partial charge in [-0.2, -0.15) is 0 Å². The van der Waals surface area contributed by atoms with Gasteiger partial charge in [-0.1, -0.05) is 40.4 Å². The largest absolute Gasteiger partial charge is 0.485 e. The van der Waals surface area contributed by atoms with E-state index in [1.165, 1.54) is 0 Å². The number of nitrogens with zero attached hydrogens (tertiary/aromatic N) is 2. The second kappa shape index (κ2) is 6.86. The maximum Gasteiger partial charge on any atom is 0.322 e. The molecule has 1 aliphatic rings. The molecule has 1 amide bonds. The lowest BCUT2D eigenvalue weighted by molar-refractivity contribution is -0.125. The number of hydrogen-bond donors (Lipinski definition) is 1. The van der Waals surface area contributed by atoms with Crippen molar-refractivity contribution >= 4 is 35.1 Å². The van der Waals surface area contributed by atoms with Crippen LogP contribution in [0.4, 0.5) is 6.01 Å². The van der Waals surface area contributed by atoms with Gasteiger partial charge in [0, 0.05) is 5.02 Å². The Balaban J connectivity index is 1.48. The van der Waals surface area contributed by atoms with E-state index in [1.807, 2.05) is 6.07 Å². The number of rotatable bonds is 3. The molecular formula is C17H11Cl2N3O4. The Hall–Kier alpha value is -2.77. The maximum absolute atomic E-state index is 12.4. The van der Waals surface area contributed by atoms with Gasteiger partial charge in [0.15, 0.2) is 11.5 Å². The third kappa shape index (κ3) is 3.31. The van der Waals surface area contributed by atoms with Crippen LogP contribution in [0.1, 0.15) is 0 Å². The van der Waals surface area contributed by atoms with Crippen molar-refractivity contribution in [2.24, 2.45) is 0 Å². The van der Waals surface area contributed by atoms with Crippen LogP contribution in [0.25, 0.3) is 11.5 Å². The molecule has 0 saturated heterocycles. The van der Waals surface area contributed by atoms with Crippen LogP contribution in [-0.2, 0) is 4.79 Å². The van der Waals surface area contributed by atoms with Crippen LogP contribution in [0.15, 0.2) is 46.9 Å². The summed E-state index contributed by atoms with van der Waals surface area (Å²) in [5.41, 5.74) is 0.471. The molecule has 2 aromatic carbocycles. The summed E-state index contributed by atoms with van der Waals surface area (Å²) in [6.45, 7) is 0.0734. The smallest absolute Gasteiger partial charge is 0.322 e. The fourth-order valence-corrected chi connectivity index (χ4v) is 2.75. The van der Waals surface area contributed by atoms with Crippen molar-refractivity contribution in [3.8, 4) is 23.0 Å². The highest BCUT2D eigenvalue weighted by atomic mass is 35.5. The van der Waals surface area contributed by atoms with Gasteiger partial charge in [-0.05, 0) is 30.3 Å². The molecule has 3 aromatic rings. The predicted octanol–water partition coefficient (Wildman–Crippen LogP) is 3.82. The highest BCUT2D eigenvalue weighted by molar-refractivity contribution is 6.35. The Kier molecular flexibility index (Phi) is 4.40. The molecule has 0 spiro atoms. The van der Waals surface area contributed by atoms with Crippen molar-refractivity contribution < 1.29 is 18.7 Å². The van der Waals surface area contributed by atoms with Gasteiger partial charge in [-0.15, -0.1) is 5.10 Å². The maximum atomic E-state index is 12.4. The fourth-order valence-electron chi connectivity index (χ4n) is 2.38. The van der Waals surface area contributed by atoms with E-state index in [9.17, 15) is 4.79 Å². The highest BCUT2D eigenvalue weighted by Crippen LogP contribution is 2.32. The molecule has 0 radical (unpaired) electrons. The first kappa shape index (κ1) is 16.7. The van der Waals surface area contributed by atoms with Crippen LogP contribution in [0, 0.1) is 0 Å². The molecular weight excluding hydrogens is 381 g/mol. The van der Waals surface area contributed by atoms with E-state index >= 15 is 0 Å². The Labute approximate surface area is 157 Å². The number of hydrogen-bond acceptors (Lipinski definition) is 6. The standard InChI is InChI=1S/C17H11Cl2N3O4/c18-9-5-6-11(19)10(7-9)16-21-22-17(26-16)20-15(23)14-8-24-12-3-1-2-4-13(12)25-14/h1-7,14H,8H2,(H,20,22,23). The average Bonchev–Trinajstić information content (AvgIpc) is 3.11. The molecule has 0 fully saturated rings. The third-order valence-electron chi connectivity index (χ3n) is 3.61. The van der Waals surface area contributed by atoms with Crippen LogP contribution in [0.2, 0.25) is 10.0 Å². The summed E-state index contributed by atoms with van der Waals surface area (Å²) in [5.74, 6) is 0.758. The molecule has 1 unspecified atom stereocenters. The number of amides is 1. The van der Waals surface area contributed by atoms with E-state index < -0.39 is 12.0 Å². The molecule has 1 N–H and O–H groups in total. The number of nitrogens with one attached hydrogen (secondary N) is 1. The average molecular weight is 392 g/mol. The Morgan fingerprint density at radius 3 is 2.77 bits per heavy atom. The van der Waals surface area contributed by atoms with Crippen molar-refractivity contribution in [1.82, 2.24) is 10.2 Å². The summed E-state index contributed by atoms with van der Waals surface area (Å²) in [6, 6.07) is 11.9. The molecule has 132 valence electrons. The Bertz CT molecular complexity index is 976. The summed E-state index contributed by atoms with van der Waals surface area (Å²) in [7, 11) is 0. The van der Waals surface area contributed by atoms with Crippen LogP contribution in [0.5, 0.6) is 11.5 Å². The first-order valence-electron chi connectivity index (χ1n) is 7.58. The van der Waals surface area contributed by atoms with Gasteiger partial charge in [-0.3, -0.25) is 10.1 Å². The number of aromatic nitrogens is 2. The van der Waals surface area contributed by atoms with E-state index in [2.05, 4.69) is 15.5 Å². The van der Waals surface area contributed by atoms with Crippen molar-refractivity contribution in [2.45, 2.75) is 6.10 Å².